The van der Waals surface area contributed by atoms with Gasteiger partial charge in [0, 0.05) is 12.7 Å². The molecule has 0 spiro atoms. The van der Waals surface area contributed by atoms with Crippen molar-refractivity contribution < 1.29 is 13.2 Å². The number of halogens is 3. The second-order valence-electron chi connectivity index (χ2n) is 3.64. The van der Waals surface area contributed by atoms with Crippen molar-refractivity contribution in [1.29, 1.82) is 0 Å². The van der Waals surface area contributed by atoms with Crippen LogP contribution in [0.2, 0.25) is 0 Å². The van der Waals surface area contributed by atoms with Crippen LogP contribution in [-0.2, 0) is 12.7 Å². The maximum absolute atomic E-state index is 12.1. The molecular formula is C9H13F3N2. The molecule has 0 saturated carbocycles. The van der Waals surface area contributed by atoms with Crippen LogP contribution in [0, 0.1) is 5.92 Å². The van der Waals surface area contributed by atoms with Crippen LogP contribution in [0.1, 0.15) is 26.0 Å². The average Bonchev–Trinajstić information content (AvgIpc) is 2.47. The summed E-state index contributed by atoms with van der Waals surface area (Å²) in [5.74, 6) is 0.466. The summed E-state index contributed by atoms with van der Waals surface area (Å²) in [6.45, 7) is 4.58. The fraction of sp³-hybridized carbons (Fsp3) is 0.667. The lowest BCUT2D eigenvalue weighted by Gasteiger charge is -2.04. The van der Waals surface area contributed by atoms with Crippen LogP contribution in [0.15, 0.2) is 12.3 Å². The number of nitrogens with zero attached hydrogens (tertiary/aromatic N) is 2. The molecular weight excluding hydrogens is 193 g/mol. The molecule has 0 aliphatic carbocycles. The van der Waals surface area contributed by atoms with Crippen molar-refractivity contribution in [3.05, 3.63) is 18.0 Å². The molecule has 0 aromatic carbocycles. The van der Waals surface area contributed by atoms with Gasteiger partial charge < -0.3 is 0 Å². The standard InChI is InChI=1S/C9H13F3N2/c1-7(2)3-5-14-6-4-8(13-14)9(10,11)12/h4,6-7H,3,5H2,1-2H3. The van der Waals surface area contributed by atoms with Gasteiger partial charge in [-0.25, -0.2) is 0 Å². The van der Waals surface area contributed by atoms with Crippen molar-refractivity contribution in [3.8, 4) is 0 Å². The molecule has 0 radical (unpaired) electrons. The summed E-state index contributed by atoms with van der Waals surface area (Å²) in [5, 5.41) is 3.45. The minimum atomic E-state index is -4.33. The van der Waals surface area contributed by atoms with Crippen LogP contribution in [-0.4, -0.2) is 9.78 Å². The first-order chi connectivity index (χ1) is 6.39. The minimum absolute atomic E-state index is 0.466. The summed E-state index contributed by atoms with van der Waals surface area (Å²) in [6.07, 6.45) is -2.13. The van der Waals surface area contributed by atoms with Crippen LogP contribution >= 0.6 is 0 Å². The number of rotatable bonds is 3. The lowest BCUT2D eigenvalue weighted by molar-refractivity contribution is -0.141. The predicted molar refractivity (Wildman–Crippen MR) is 46.7 cm³/mol. The molecule has 0 saturated heterocycles. The normalized spacial score (nSPS) is 12.4. The average molecular weight is 206 g/mol. The van der Waals surface area contributed by atoms with E-state index in [0.29, 0.717) is 12.5 Å². The Labute approximate surface area is 80.7 Å². The molecule has 0 atom stereocenters. The molecule has 1 aromatic heterocycles. The molecule has 0 aliphatic heterocycles. The highest BCUT2D eigenvalue weighted by atomic mass is 19.4. The van der Waals surface area contributed by atoms with E-state index in [1.54, 1.807) is 0 Å². The first-order valence-electron chi connectivity index (χ1n) is 4.50. The van der Waals surface area contributed by atoms with Gasteiger partial charge in [-0.3, -0.25) is 4.68 Å². The van der Waals surface area contributed by atoms with Crippen molar-refractivity contribution in [2.45, 2.75) is 33.0 Å². The van der Waals surface area contributed by atoms with E-state index in [1.165, 1.54) is 10.9 Å². The van der Waals surface area contributed by atoms with Crippen molar-refractivity contribution in [3.63, 3.8) is 0 Å². The van der Waals surface area contributed by atoms with E-state index in [0.717, 1.165) is 12.5 Å². The Hall–Kier alpha value is -1.00. The Morgan fingerprint density at radius 1 is 1.43 bits per heavy atom. The van der Waals surface area contributed by atoms with Gasteiger partial charge in [-0.05, 0) is 18.4 Å². The van der Waals surface area contributed by atoms with Crippen molar-refractivity contribution >= 4 is 0 Å². The second-order valence-corrected chi connectivity index (χ2v) is 3.64. The van der Waals surface area contributed by atoms with E-state index in [4.69, 9.17) is 0 Å². The molecule has 1 heterocycles. The molecule has 14 heavy (non-hydrogen) atoms. The van der Waals surface area contributed by atoms with Gasteiger partial charge in [-0.15, -0.1) is 0 Å². The van der Waals surface area contributed by atoms with Crippen molar-refractivity contribution in [2.75, 3.05) is 0 Å². The Balaban J connectivity index is 2.60. The van der Waals surface area contributed by atoms with E-state index < -0.39 is 11.9 Å². The largest absolute Gasteiger partial charge is 0.435 e. The quantitative estimate of drug-likeness (QED) is 0.743. The first kappa shape index (κ1) is 11.1. The highest BCUT2D eigenvalue weighted by Gasteiger charge is 2.33. The maximum Gasteiger partial charge on any atom is 0.435 e. The zero-order valence-electron chi connectivity index (χ0n) is 8.17. The molecule has 0 aliphatic rings. The SMILES string of the molecule is CC(C)CCn1ccc(C(F)(F)F)n1. The molecule has 0 N–H and O–H groups in total. The van der Waals surface area contributed by atoms with Crippen molar-refractivity contribution in [1.82, 2.24) is 9.78 Å². The van der Waals surface area contributed by atoms with Gasteiger partial charge in [0.2, 0.25) is 0 Å². The Morgan fingerprint density at radius 2 is 2.07 bits per heavy atom. The third-order valence-corrected chi connectivity index (χ3v) is 1.87. The van der Waals surface area contributed by atoms with E-state index >= 15 is 0 Å². The summed E-state index contributed by atoms with van der Waals surface area (Å²) in [6, 6.07) is 1.00. The first-order valence-corrected chi connectivity index (χ1v) is 4.50. The van der Waals surface area contributed by atoms with E-state index in [1.807, 2.05) is 13.8 Å². The van der Waals surface area contributed by atoms with Gasteiger partial charge in [-0.2, -0.15) is 18.3 Å². The van der Waals surface area contributed by atoms with E-state index in [9.17, 15) is 13.2 Å². The van der Waals surface area contributed by atoms with Gasteiger partial charge in [0.25, 0.3) is 0 Å². The summed E-state index contributed by atoms with van der Waals surface area (Å²) < 4.78 is 37.7. The molecule has 0 fully saturated rings. The topological polar surface area (TPSA) is 17.8 Å². The summed E-state index contributed by atoms with van der Waals surface area (Å²) in [7, 11) is 0. The molecule has 5 heteroatoms. The number of alkyl halides is 3. The van der Waals surface area contributed by atoms with Gasteiger partial charge in [-0.1, -0.05) is 13.8 Å². The number of aromatic nitrogens is 2. The molecule has 0 amide bonds. The number of hydrogen-bond acceptors (Lipinski definition) is 1. The van der Waals surface area contributed by atoms with Gasteiger partial charge >= 0.3 is 6.18 Å². The second kappa shape index (κ2) is 4.02. The monoisotopic (exact) mass is 206 g/mol. The summed E-state index contributed by atoms with van der Waals surface area (Å²) >= 11 is 0. The summed E-state index contributed by atoms with van der Waals surface area (Å²) in [4.78, 5) is 0. The third kappa shape index (κ3) is 3.05. The van der Waals surface area contributed by atoms with Crippen LogP contribution < -0.4 is 0 Å². The fourth-order valence-corrected chi connectivity index (χ4v) is 1.03. The van der Waals surface area contributed by atoms with Crippen LogP contribution in [0.4, 0.5) is 13.2 Å². The minimum Gasteiger partial charge on any atom is -0.272 e. The van der Waals surface area contributed by atoms with Gasteiger partial charge in [0.1, 0.15) is 0 Å². The third-order valence-electron chi connectivity index (χ3n) is 1.87. The van der Waals surface area contributed by atoms with Crippen LogP contribution in [0.5, 0.6) is 0 Å². The number of aryl methyl sites for hydroxylation is 1. The van der Waals surface area contributed by atoms with Crippen LogP contribution in [0.25, 0.3) is 0 Å². The highest BCUT2D eigenvalue weighted by molar-refractivity contribution is 5.03. The van der Waals surface area contributed by atoms with E-state index in [2.05, 4.69) is 5.10 Å². The lowest BCUT2D eigenvalue weighted by atomic mass is 10.1. The maximum atomic E-state index is 12.1. The van der Waals surface area contributed by atoms with Gasteiger partial charge in [0.05, 0.1) is 0 Å². The lowest BCUT2D eigenvalue weighted by Crippen LogP contribution is -2.08. The molecule has 80 valence electrons. The molecule has 0 unspecified atom stereocenters. The van der Waals surface area contributed by atoms with Crippen molar-refractivity contribution in [2.24, 2.45) is 5.92 Å². The smallest absolute Gasteiger partial charge is 0.272 e. The molecule has 0 bridgehead atoms. The Kier molecular flexibility index (Phi) is 3.18. The molecule has 2 nitrogen and oxygen atoms in total. The molecule has 1 aromatic rings. The zero-order chi connectivity index (χ0) is 10.8. The van der Waals surface area contributed by atoms with E-state index in [-0.39, 0.29) is 0 Å². The number of hydrogen-bond donors (Lipinski definition) is 0. The fourth-order valence-electron chi connectivity index (χ4n) is 1.03. The van der Waals surface area contributed by atoms with Gasteiger partial charge in [0.15, 0.2) is 5.69 Å². The Bertz CT molecular complexity index is 288. The predicted octanol–water partition coefficient (Wildman–Crippen LogP) is 2.95. The Morgan fingerprint density at radius 3 is 2.50 bits per heavy atom. The van der Waals surface area contributed by atoms with Crippen LogP contribution in [0.3, 0.4) is 0 Å². The molecule has 1 rings (SSSR count). The zero-order valence-corrected chi connectivity index (χ0v) is 8.17. The summed E-state index contributed by atoms with van der Waals surface area (Å²) in [5.41, 5.74) is -0.818. The highest BCUT2D eigenvalue weighted by Crippen LogP contribution is 2.27.